The maximum absolute atomic E-state index is 13.6. The van der Waals surface area contributed by atoms with Crippen LogP contribution in [0.25, 0.3) is 22.4 Å². The molecule has 2 aromatic carbocycles. The standard InChI is InChI=1S/C26H22N4O4/c1-16-23(24(31)26-28-25(29-34-26)21-6-4-5-13-27-21)20-14-19(33-3)11-12-22(20)30(16)15-17-7-9-18(32-2)10-8-17/h4-14H,15H2,1-3H3. The van der Waals surface area contributed by atoms with Crippen molar-refractivity contribution in [2.24, 2.45) is 0 Å². The van der Waals surface area contributed by atoms with E-state index in [2.05, 4.69) is 19.7 Å². The SMILES string of the molecule is COc1ccc(Cn2c(C)c(C(=O)c3nc(-c4ccccn4)no3)c3cc(OC)ccc32)cc1. The van der Waals surface area contributed by atoms with Crippen molar-refractivity contribution in [3.8, 4) is 23.0 Å². The number of carbonyl (C=O) groups excluding carboxylic acids is 1. The second-order valence-electron chi connectivity index (χ2n) is 7.74. The van der Waals surface area contributed by atoms with E-state index in [4.69, 9.17) is 14.0 Å². The summed E-state index contributed by atoms with van der Waals surface area (Å²) in [6, 6.07) is 18.9. The first-order valence-corrected chi connectivity index (χ1v) is 10.7. The number of hydrogen-bond acceptors (Lipinski definition) is 7. The number of nitrogens with zero attached hydrogens (tertiary/aromatic N) is 4. The minimum absolute atomic E-state index is 0.0879. The van der Waals surface area contributed by atoms with Crippen molar-refractivity contribution in [3.63, 3.8) is 0 Å². The van der Waals surface area contributed by atoms with E-state index in [0.717, 1.165) is 27.9 Å². The van der Waals surface area contributed by atoms with Crippen molar-refractivity contribution in [2.75, 3.05) is 14.2 Å². The van der Waals surface area contributed by atoms with Crippen molar-refractivity contribution in [1.82, 2.24) is 19.7 Å². The molecule has 0 fully saturated rings. The molecule has 0 saturated heterocycles. The molecule has 3 aromatic heterocycles. The molecule has 5 aromatic rings. The van der Waals surface area contributed by atoms with Gasteiger partial charge in [0.15, 0.2) is 0 Å². The van der Waals surface area contributed by atoms with Crippen LogP contribution in [-0.2, 0) is 6.54 Å². The summed E-state index contributed by atoms with van der Waals surface area (Å²) in [5.41, 5.74) is 3.80. The summed E-state index contributed by atoms with van der Waals surface area (Å²) >= 11 is 0. The fraction of sp³-hybridized carbons (Fsp3) is 0.154. The average Bonchev–Trinajstić information content (AvgIpc) is 3.48. The quantitative estimate of drug-likeness (QED) is 0.329. The van der Waals surface area contributed by atoms with E-state index in [-0.39, 0.29) is 17.5 Å². The smallest absolute Gasteiger partial charge is 0.299 e. The highest BCUT2D eigenvalue weighted by Crippen LogP contribution is 2.32. The van der Waals surface area contributed by atoms with E-state index in [1.54, 1.807) is 32.5 Å². The van der Waals surface area contributed by atoms with Gasteiger partial charge in [-0.1, -0.05) is 23.4 Å². The van der Waals surface area contributed by atoms with Gasteiger partial charge in [0.05, 0.1) is 19.8 Å². The Hall–Kier alpha value is -4.46. The van der Waals surface area contributed by atoms with Crippen molar-refractivity contribution in [1.29, 1.82) is 0 Å². The predicted molar refractivity (Wildman–Crippen MR) is 126 cm³/mol. The molecule has 0 radical (unpaired) electrons. The first kappa shape index (κ1) is 21.4. The first-order valence-electron chi connectivity index (χ1n) is 10.7. The lowest BCUT2D eigenvalue weighted by molar-refractivity contribution is 0.0994. The van der Waals surface area contributed by atoms with Crippen LogP contribution in [0.5, 0.6) is 11.5 Å². The largest absolute Gasteiger partial charge is 0.497 e. The van der Waals surface area contributed by atoms with Crippen LogP contribution in [0.2, 0.25) is 0 Å². The van der Waals surface area contributed by atoms with Crippen molar-refractivity contribution < 1.29 is 18.8 Å². The van der Waals surface area contributed by atoms with Gasteiger partial charge in [0, 0.05) is 29.3 Å². The highest BCUT2D eigenvalue weighted by Gasteiger charge is 2.26. The van der Waals surface area contributed by atoms with Crippen molar-refractivity contribution >= 4 is 16.7 Å². The summed E-state index contributed by atoms with van der Waals surface area (Å²) < 4.78 is 18.1. The second kappa shape index (κ2) is 8.82. The molecule has 8 nitrogen and oxygen atoms in total. The molecule has 0 unspecified atom stereocenters. The fourth-order valence-corrected chi connectivity index (χ4v) is 4.01. The van der Waals surface area contributed by atoms with Crippen LogP contribution in [0.4, 0.5) is 0 Å². The summed E-state index contributed by atoms with van der Waals surface area (Å²) in [6.07, 6.45) is 1.64. The Kier molecular flexibility index (Phi) is 5.55. The molecule has 0 N–H and O–H groups in total. The van der Waals surface area contributed by atoms with Gasteiger partial charge in [-0.2, -0.15) is 4.98 Å². The molecule has 8 heteroatoms. The molecular formula is C26H22N4O4. The van der Waals surface area contributed by atoms with Crippen LogP contribution in [0, 0.1) is 6.92 Å². The normalized spacial score (nSPS) is 11.0. The minimum Gasteiger partial charge on any atom is -0.497 e. The molecule has 34 heavy (non-hydrogen) atoms. The summed E-state index contributed by atoms with van der Waals surface area (Å²) in [4.78, 5) is 22.1. The summed E-state index contributed by atoms with van der Waals surface area (Å²) in [5.74, 6) is 1.27. The lowest BCUT2D eigenvalue weighted by Crippen LogP contribution is -2.06. The topological polar surface area (TPSA) is 92.3 Å². The van der Waals surface area contributed by atoms with Crippen molar-refractivity contribution in [3.05, 3.63) is 89.6 Å². The summed E-state index contributed by atoms with van der Waals surface area (Å²) in [7, 11) is 3.24. The maximum Gasteiger partial charge on any atom is 0.299 e. The van der Waals surface area contributed by atoms with E-state index < -0.39 is 0 Å². The molecule has 3 heterocycles. The van der Waals surface area contributed by atoms with Crippen LogP contribution < -0.4 is 9.47 Å². The number of rotatable bonds is 7. The second-order valence-corrected chi connectivity index (χ2v) is 7.74. The zero-order valence-electron chi connectivity index (χ0n) is 19.0. The van der Waals surface area contributed by atoms with E-state index in [9.17, 15) is 4.79 Å². The third kappa shape index (κ3) is 3.79. The highest BCUT2D eigenvalue weighted by atomic mass is 16.5. The number of fused-ring (bicyclic) bond motifs is 1. The Morgan fingerprint density at radius 3 is 2.47 bits per heavy atom. The van der Waals surface area contributed by atoms with Gasteiger partial charge in [-0.3, -0.25) is 9.78 Å². The first-order chi connectivity index (χ1) is 16.6. The molecule has 5 rings (SSSR count). The lowest BCUT2D eigenvalue weighted by Gasteiger charge is -2.10. The molecule has 0 atom stereocenters. The van der Waals surface area contributed by atoms with Crippen LogP contribution in [0.15, 0.2) is 71.4 Å². The van der Waals surface area contributed by atoms with E-state index in [0.29, 0.717) is 23.6 Å². The maximum atomic E-state index is 13.6. The Morgan fingerprint density at radius 2 is 1.76 bits per heavy atom. The zero-order chi connectivity index (χ0) is 23.7. The average molecular weight is 454 g/mol. The van der Waals surface area contributed by atoms with Gasteiger partial charge in [-0.15, -0.1) is 0 Å². The summed E-state index contributed by atoms with van der Waals surface area (Å²) in [5, 5.41) is 4.71. The molecule has 0 saturated carbocycles. The van der Waals surface area contributed by atoms with Crippen LogP contribution in [-0.4, -0.2) is 39.7 Å². The van der Waals surface area contributed by atoms with Crippen LogP contribution in [0.3, 0.4) is 0 Å². The van der Waals surface area contributed by atoms with Gasteiger partial charge in [0.1, 0.15) is 17.2 Å². The number of benzene rings is 2. The Bertz CT molecular complexity index is 1470. The summed E-state index contributed by atoms with van der Waals surface area (Å²) in [6.45, 7) is 2.49. The molecule has 0 aliphatic carbocycles. The molecule has 170 valence electrons. The molecule has 0 amide bonds. The minimum atomic E-state index is -0.348. The number of pyridine rings is 1. The van der Waals surface area contributed by atoms with Crippen molar-refractivity contribution in [2.45, 2.75) is 13.5 Å². The van der Waals surface area contributed by atoms with Gasteiger partial charge in [0.2, 0.25) is 5.82 Å². The third-order valence-electron chi connectivity index (χ3n) is 5.77. The van der Waals surface area contributed by atoms with Gasteiger partial charge in [0.25, 0.3) is 11.7 Å². The van der Waals surface area contributed by atoms with Gasteiger partial charge >= 0.3 is 0 Å². The Labute approximate surface area is 195 Å². The number of ketones is 1. The fourth-order valence-electron chi connectivity index (χ4n) is 4.01. The van der Waals surface area contributed by atoms with Gasteiger partial charge in [-0.05, 0) is 55.0 Å². The predicted octanol–water partition coefficient (Wildman–Crippen LogP) is 4.69. The Morgan fingerprint density at radius 1 is 1.00 bits per heavy atom. The molecule has 0 bridgehead atoms. The van der Waals surface area contributed by atoms with Crippen LogP contribution in [0.1, 0.15) is 27.5 Å². The lowest BCUT2D eigenvalue weighted by atomic mass is 10.1. The molecular weight excluding hydrogens is 432 g/mol. The molecule has 0 aliphatic heterocycles. The van der Waals surface area contributed by atoms with E-state index >= 15 is 0 Å². The monoisotopic (exact) mass is 454 g/mol. The third-order valence-corrected chi connectivity index (χ3v) is 5.77. The Balaban J connectivity index is 1.59. The molecule has 0 aliphatic rings. The number of methoxy groups -OCH3 is 2. The highest BCUT2D eigenvalue weighted by molar-refractivity contribution is 6.15. The van der Waals surface area contributed by atoms with Gasteiger partial charge < -0.3 is 18.6 Å². The van der Waals surface area contributed by atoms with E-state index in [1.165, 1.54) is 0 Å². The zero-order valence-corrected chi connectivity index (χ0v) is 19.0. The number of hydrogen-bond donors (Lipinski definition) is 0. The van der Waals surface area contributed by atoms with E-state index in [1.807, 2.05) is 55.5 Å². The number of aromatic nitrogens is 4. The number of carbonyl (C=O) groups is 1. The van der Waals surface area contributed by atoms with Crippen LogP contribution >= 0.6 is 0 Å². The molecule has 0 spiro atoms. The number of ether oxygens (including phenoxy) is 2. The van der Waals surface area contributed by atoms with Gasteiger partial charge in [-0.25, -0.2) is 0 Å².